The van der Waals surface area contributed by atoms with Gasteiger partial charge in [0.05, 0.1) is 18.5 Å². The molecular formula is C14H19ClN2O4S. The molecule has 0 radical (unpaired) electrons. The van der Waals surface area contributed by atoms with Crippen LogP contribution in [0.2, 0.25) is 5.02 Å². The second kappa shape index (κ2) is 7.41. The van der Waals surface area contributed by atoms with E-state index in [1.165, 1.54) is 4.31 Å². The SMILES string of the molecule is CC1CN(S(=O)(=O)CCNC(=O)c2ccc(Cl)cc2)CCO1. The number of nitrogens with one attached hydrogen (secondary N) is 1. The van der Waals surface area contributed by atoms with Crippen molar-refractivity contribution in [2.45, 2.75) is 13.0 Å². The van der Waals surface area contributed by atoms with Gasteiger partial charge in [-0.25, -0.2) is 8.42 Å². The predicted molar refractivity (Wildman–Crippen MR) is 84.6 cm³/mol. The molecule has 1 aliphatic rings. The summed E-state index contributed by atoms with van der Waals surface area (Å²) in [7, 11) is -3.38. The zero-order valence-corrected chi connectivity index (χ0v) is 13.9. The summed E-state index contributed by atoms with van der Waals surface area (Å²) in [5.74, 6) is -0.443. The molecule has 1 aromatic rings. The highest BCUT2D eigenvalue weighted by Gasteiger charge is 2.27. The Kier molecular flexibility index (Phi) is 5.80. The molecule has 8 heteroatoms. The number of benzene rings is 1. The van der Waals surface area contributed by atoms with Crippen LogP contribution in [0.5, 0.6) is 0 Å². The molecule has 1 saturated heterocycles. The summed E-state index contributed by atoms with van der Waals surface area (Å²) in [6.45, 7) is 3.02. The highest BCUT2D eigenvalue weighted by atomic mass is 35.5. The molecule has 1 unspecified atom stereocenters. The standard InChI is InChI=1S/C14H19ClN2O4S/c1-11-10-17(7-8-21-11)22(19,20)9-6-16-14(18)12-2-4-13(15)5-3-12/h2-5,11H,6-10H2,1H3,(H,16,18). The van der Waals surface area contributed by atoms with Crippen molar-refractivity contribution in [1.82, 2.24) is 9.62 Å². The van der Waals surface area contributed by atoms with Gasteiger partial charge in [-0.3, -0.25) is 4.79 Å². The first-order chi connectivity index (χ1) is 10.4. The smallest absolute Gasteiger partial charge is 0.251 e. The van der Waals surface area contributed by atoms with E-state index < -0.39 is 10.0 Å². The van der Waals surface area contributed by atoms with Crippen LogP contribution in [-0.2, 0) is 14.8 Å². The number of rotatable bonds is 5. The van der Waals surface area contributed by atoms with E-state index in [0.29, 0.717) is 30.3 Å². The molecule has 0 aliphatic carbocycles. The lowest BCUT2D eigenvalue weighted by atomic mass is 10.2. The summed E-state index contributed by atoms with van der Waals surface area (Å²) in [4.78, 5) is 11.9. The molecular weight excluding hydrogens is 328 g/mol. The summed E-state index contributed by atoms with van der Waals surface area (Å²) < 4.78 is 31.1. The van der Waals surface area contributed by atoms with E-state index in [1.807, 2.05) is 6.92 Å². The van der Waals surface area contributed by atoms with Crippen LogP contribution in [0.15, 0.2) is 24.3 Å². The number of carbonyl (C=O) groups is 1. The van der Waals surface area contributed by atoms with Gasteiger partial charge in [0.2, 0.25) is 10.0 Å². The summed E-state index contributed by atoms with van der Waals surface area (Å²) in [6, 6.07) is 6.41. The number of carbonyl (C=O) groups excluding carboxylic acids is 1. The van der Waals surface area contributed by atoms with Crippen LogP contribution in [0.25, 0.3) is 0 Å². The fourth-order valence-electron chi connectivity index (χ4n) is 2.17. The minimum absolute atomic E-state index is 0.0650. The van der Waals surface area contributed by atoms with Gasteiger partial charge in [0.15, 0.2) is 0 Å². The Bertz CT molecular complexity index is 618. The summed E-state index contributed by atoms with van der Waals surface area (Å²) >= 11 is 5.75. The summed E-state index contributed by atoms with van der Waals surface area (Å²) in [5, 5.41) is 3.15. The minimum atomic E-state index is -3.38. The lowest BCUT2D eigenvalue weighted by Gasteiger charge is -2.30. The second-order valence-corrected chi connectivity index (χ2v) is 7.64. The Morgan fingerprint density at radius 2 is 2.09 bits per heavy atom. The molecule has 1 N–H and O–H groups in total. The average Bonchev–Trinajstić information content (AvgIpc) is 2.47. The third kappa shape index (κ3) is 4.67. The first kappa shape index (κ1) is 17.2. The van der Waals surface area contributed by atoms with E-state index in [9.17, 15) is 13.2 Å². The average molecular weight is 347 g/mol. The van der Waals surface area contributed by atoms with Gasteiger partial charge >= 0.3 is 0 Å². The van der Waals surface area contributed by atoms with Gasteiger partial charge < -0.3 is 10.1 Å². The summed E-state index contributed by atoms with van der Waals surface area (Å²) in [5.41, 5.74) is 0.446. The maximum atomic E-state index is 12.2. The van der Waals surface area contributed by atoms with Crippen molar-refractivity contribution in [2.24, 2.45) is 0 Å². The molecule has 6 nitrogen and oxygen atoms in total. The molecule has 0 spiro atoms. The normalized spacial score (nSPS) is 19.8. The third-order valence-electron chi connectivity index (χ3n) is 3.35. The Labute approximate surface area is 135 Å². The molecule has 22 heavy (non-hydrogen) atoms. The Morgan fingerprint density at radius 1 is 1.41 bits per heavy atom. The molecule has 1 aromatic carbocycles. The van der Waals surface area contributed by atoms with Gasteiger partial charge in [-0.15, -0.1) is 0 Å². The molecule has 0 bridgehead atoms. The minimum Gasteiger partial charge on any atom is -0.376 e. The van der Waals surface area contributed by atoms with Gasteiger partial charge in [0.1, 0.15) is 0 Å². The van der Waals surface area contributed by atoms with Crippen molar-refractivity contribution in [2.75, 3.05) is 32.0 Å². The second-order valence-electron chi connectivity index (χ2n) is 5.12. The number of nitrogens with zero attached hydrogens (tertiary/aromatic N) is 1. The number of hydrogen-bond donors (Lipinski definition) is 1. The van der Waals surface area contributed by atoms with Gasteiger partial charge in [-0.05, 0) is 31.2 Å². The topological polar surface area (TPSA) is 75.7 Å². The van der Waals surface area contributed by atoms with Crippen molar-refractivity contribution >= 4 is 27.5 Å². The van der Waals surface area contributed by atoms with Gasteiger partial charge in [-0.2, -0.15) is 4.31 Å². The number of morpholine rings is 1. The lowest BCUT2D eigenvalue weighted by Crippen LogP contribution is -2.46. The first-order valence-electron chi connectivity index (χ1n) is 7.02. The van der Waals surface area contributed by atoms with E-state index in [1.54, 1.807) is 24.3 Å². The number of hydrogen-bond acceptors (Lipinski definition) is 4. The van der Waals surface area contributed by atoms with E-state index in [0.717, 1.165) is 0 Å². The van der Waals surface area contributed by atoms with Crippen molar-refractivity contribution in [3.8, 4) is 0 Å². The van der Waals surface area contributed by atoms with Crippen LogP contribution in [0.1, 0.15) is 17.3 Å². The predicted octanol–water partition coefficient (Wildman–Crippen LogP) is 1.12. The lowest BCUT2D eigenvalue weighted by molar-refractivity contribution is 0.0102. The van der Waals surface area contributed by atoms with Crippen molar-refractivity contribution < 1.29 is 17.9 Å². The Hall–Kier alpha value is -1.15. The van der Waals surface area contributed by atoms with Crippen LogP contribution >= 0.6 is 11.6 Å². The number of amides is 1. The fraction of sp³-hybridized carbons (Fsp3) is 0.500. The van der Waals surface area contributed by atoms with Crippen LogP contribution in [0, 0.1) is 0 Å². The van der Waals surface area contributed by atoms with Gasteiger partial charge in [0, 0.05) is 30.2 Å². The number of sulfonamides is 1. The Morgan fingerprint density at radius 3 is 2.73 bits per heavy atom. The van der Waals surface area contributed by atoms with E-state index in [-0.39, 0.29) is 24.3 Å². The third-order valence-corrected chi connectivity index (χ3v) is 5.44. The quantitative estimate of drug-likeness (QED) is 0.867. The van der Waals surface area contributed by atoms with Crippen LogP contribution in [0.4, 0.5) is 0 Å². The molecule has 0 aromatic heterocycles. The largest absolute Gasteiger partial charge is 0.376 e. The van der Waals surface area contributed by atoms with E-state index >= 15 is 0 Å². The highest BCUT2D eigenvalue weighted by Crippen LogP contribution is 2.11. The van der Waals surface area contributed by atoms with Crippen molar-refractivity contribution in [3.05, 3.63) is 34.9 Å². The Balaban J connectivity index is 1.84. The van der Waals surface area contributed by atoms with Gasteiger partial charge in [0.25, 0.3) is 5.91 Å². The molecule has 1 atom stereocenters. The molecule has 122 valence electrons. The highest BCUT2D eigenvalue weighted by molar-refractivity contribution is 7.89. The van der Waals surface area contributed by atoms with Crippen LogP contribution in [-0.4, -0.2) is 56.7 Å². The monoisotopic (exact) mass is 346 g/mol. The summed E-state index contributed by atoms with van der Waals surface area (Å²) in [6.07, 6.45) is -0.104. The molecule has 1 amide bonds. The molecule has 0 saturated carbocycles. The maximum Gasteiger partial charge on any atom is 0.251 e. The van der Waals surface area contributed by atoms with E-state index in [2.05, 4.69) is 5.32 Å². The van der Waals surface area contributed by atoms with Crippen molar-refractivity contribution in [3.63, 3.8) is 0 Å². The number of ether oxygens (including phenoxy) is 1. The van der Waals surface area contributed by atoms with Crippen molar-refractivity contribution in [1.29, 1.82) is 0 Å². The molecule has 1 fully saturated rings. The first-order valence-corrected chi connectivity index (χ1v) is 9.00. The van der Waals surface area contributed by atoms with Gasteiger partial charge in [-0.1, -0.05) is 11.6 Å². The molecule has 1 aliphatic heterocycles. The fourth-order valence-corrected chi connectivity index (χ4v) is 3.70. The van der Waals surface area contributed by atoms with Crippen LogP contribution < -0.4 is 5.32 Å². The zero-order chi connectivity index (χ0) is 16.2. The molecule has 1 heterocycles. The van der Waals surface area contributed by atoms with E-state index in [4.69, 9.17) is 16.3 Å². The zero-order valence-electron chi connectivity index (χ0n) is 12.3. The molecule has 2 rings (SSSR count). The maximum absolute atomic E-state index is 12.2. The number of halogens is 1. The van der Waals surface area contributed by atoms with Crippen LogP contribution in [0.3, 0.4) is 0 Å².